The van der Waals surface area contributed by atoms with Gasteiger partial charge in [0.1, 0.15) is 11.6 Å². The first kappa shape index (κ1) is 17.0. The fraction of sp³-hybridized carbons (Fsp3) is 0.375. The molecule has 2 amide bonds. The van der Waals surface area contributed by atoms with Gasteiger partial charge in [-0.25, -0.2) is 14.2 Å². The van der Waals surface area contributed by atoms with E-state index in [0.29, 0.717) is 12.1 Å². The Balaban J connectivity index is 1.74. The van der Waals surface area contributed by atoms with Crippen molar-refractivity contribution in [3.05, 3.63) is 53.9 Å². The summed E-state index contributed by atoms with van der Waals surface area (Å²) in [6.07, 6.45) is 4.40. The van der Waals surface area contributed by atoms with Gasteiger partial charge in [-0.15, -0.1) is 0 Å². The zero-order chi connectivity index (χ0) is 16.7. The number of aliphatic hydroxyl groups excluding tert-OH is 1. The number of rotatable bonds is 7. The van der Waals surface area contributed by atoms with Crippen LogP contribution in [0, 0.1) is 12.7 Å². The molecule has 0 bridgehead atoms. The molecule has 2 rings (SSSR count). The van der Waals surface area contributed by atoms with Gasteiger partial charge in [0, 0.05) is 25.5 Å². The first-order chi connectivity index (χ1) is 11.1. The molecule has 0 fully saturated rings. The van der Waals surface area contributed by atoms with E-state index in [0.717, 1.165) is 18.8 Å². The van der Waals surface area contributed by atoms with Crippen LogP contribution >= 0.6 is 0 Å². The number of aryl methyl sites for hydroxylation is 2. The van der Waals surface area contributed by atoms with Crippen LogP contribution in [0.5, 0.6) is 0 Å². The number of halogens is 1. The van der Waals surface area contributed by atoms with E-state index in [1.807, 2.05) is 17.7 Å². The number of nitrogens with one attached hydrogen (secondary N) is 2. The zero-order valence-electron chi connectivity index (χ0n) is 13.0. The maximum absolute atomic E-state index is 12.9. The predicted octanol–water partition coefficient (Wildman–Crippen LogP) is 1.75. The van der Waals surface area contributed by atoms with Crippen LogP contribution in [0.25, 0.3) is 0 Å². The molecule has 124 valence electrons. The highest BCUT2D eigenvalue weighted by Gasteiger charge is 2.13. The van der Waals surface area contributed by atoms with E-state index in [2.05, 4.69) is 15.6 Å². The van der Waals surface area contributed by atoms with Gasteiger partial charge in [-0.05, 0) is 31.0 Å². The summed E-state index contributed by atoms with van der Waals surface area (Å²) in [7, 11) is 0. The lowest BCUT2D eigenvalue weighted by atomic mass is 10.1. The highest BCUT2D eigenvalue weighted by molar-refractivity contribution is 5.74. The van der Waals surface area contributed by atoms with Gasteiger partial charge in [0.25, 0.3) is 0 Å². The fourth-order valence-corrected chi connectivity index (χ4v) is 2.23. The molecule has 2 aromatic rings. The Bertz CT molecular complexity index is 627. The zero-order valence-corrected chi connectivity index (χ0v) is 13.0. The number of amides is 2. The minimum absolute atomic E-state index is 0.257. The lowest BCUT2D eigenvalue weighted by Gasteiger charge is -2.17. The van der Waals surface area contributed by atoms with Crippen LogP contribution in [0.2, 0.25) is 0 Å². The molecule has 1 aromatic heterocycles. The topological polar surface area (TPSA) is 79.2 Å². The predicted molar refractivity (Wildman–Crippen MR) is 84.3 cm³/mol. The van der Waals surface area contributed by atoms with Crippen molar-refractivity contribution in [2.24, 2.45) is 0 Å². The highest BCUT2D eigenvalue weighted by atomic mass is 19.1. The van der Waals surface area contributed by atoms with Crippen molar-refractivity contribution in [2.75, 3.05) is 13.2 Å². The summed E-state index contributed by atoms with van der Waals surface area (Å²) in [5, 5.41) is 14.8. The van der Waals surface area contributed by atoms with Gasteiger partial charge in [0.15, 0.2) is 0 Å². The number of nitrogens with zero attached hydrogens (tertiary/aromatic N) is 2. The normalized spacial score (nSPS) is 12.0. The Morgan fingerprint density at radius 1 is 1.39 bits per heavy atom. The van der Waals surface area contributed by atoms with Crippen LogP contribution in [0.3, 0.4) is 0 Å². The third-order valence-corrected chi connectivity index (χ3v) is 3.55. The lowest BCUT2D eigenvalue weighted by Crippen LogP contribution is -2.39. The molecule has 1 aromatic carbocycles. The van der Waals surface area contributed by atoms with E-state index in [4.69, 9.17) is 0 Å². The molecule has 1 heterocycles. The molecule has 1 atom stereocenters. The maximum atomic E-state index is 12.9. The third-order valence-electron chi connectivity index (χ3n) is 3.55. The van der Waals surface area contributed by atoms with Crippen LogP contribution in [0.1, 0.15) is 23.9 Å². The summed E-state index contributed by atoms with van der Waals surface area (Å²) in [5.41, 5.74) is 0.651. The number of carbonyl (C=O) groups is 1. The van der Waals surface area contributed by atoms with E-state index < -0.39 is 6.04 Å². The summed E-state index contributed by atoms with van der Waals surface area (Å²) in [6.45, 7) is 2.94. The van der Waals surface area contributed by atoms with Crippen LogP contribution in [-0.4, -0.2) is 33.8 Å². The number of aromatic nitrogens is 2. The molecule has 7 heteroatoms. The standard InChI is InChI=1S/C16H21FN4O2/c1-12-18-8-10-21(12)9-2-7-19-16(23)20-15(11-22)13-3-5-14(17)6-4-13/h3-6,8,10,15,22H,2,7,9,11H2,1H3,(H2,19,20,23)/t15-/m1/s1. The molecule has 0 unspecified atom stereocenters. The molecule has 23 heavy (non-hydrogen) atoms. The Labute approximate surface area is 134 Å². The third kappa shape index (κ3) is 5.07. The Morgan fingerprint density at radius 2 is 2.13 bits per heavy atom. The smallest absolute Gasteiger partial charge is 0.315 e. The van der Waals surface area contributed by atoms with Gasteiger partial charge >= 0.3 is 6.03 Å². The van der Waals surface area contributed by atoms with Crippen molar-refractivity contribution >= 4 is 6.03 Å². The minimum Gasteiger partial charge on any atom is -0.394 e. The van der Waals surface area contributed by atoms with Gasteiger partial charge < -0.3 is 20.3 Å². The second kappa shape index (κ2) is 8.28. The average Bonchev–Trinajstić information content (AvgIpc) is 2.95. The first-order valence-corrected chi connectivity index (χ1v) is 7.48. The van der Waals surface area contributed by atoms with Crippen LogP contribution in [-0.2, 0) is 6.54 Å². The molecule has 0 radical (unpaired) electrons. The van der Waals surface area contributed by atoms with Crippen molar-refractivity contribution < 1.29 is 14.3 Å². The van der Waals surface area contributed by atoms with Crippen molar-refractivity contribution in [3.63, 3.8) is 0 Å². The van der Waals surface area contributed by atoms with Gasteiger partial charge in [-0.1, -0.05) is 12.1 Å². The molecule has 3 N–H and O–H groups in total. The summed E-state index contributed by atoms with van der Waals surface area (Å²) in [6, 6.07) is 4.74. The van der Waals surface area contributed by atoms with Gasteiger partial charge in [0.2, 0.25) is 0 Å². The fourth-order valence-electron chi connectivity index (χ4n) is 2.23. The van der Waals surface area contributed by atoms with E-state index in [1.165, 1.54) is 24.3 Å². The summed E-state index contributed by atoms with van der Waals surface area (Å²) < 4.78 is 14.9. The number of urea groups is 1. The van der Waals surface area contributed by atoms with Gasteiger partial charge in [0.05, 0.1) is 12.6 Å². The average molecular weight is 320 g/mol. The largest absolute Gasteiger partial charge is 0.394 e. The molecule has 0 aliphatic heterocycles. The van der Waals surface area contributed by atoms with E-state index in [9.17, 15) is 14.3 Å². The number of imidazole rings is 1. The molecule has 6 nitrogen and oxygen atoms in total. The van der Waals surface area contributed by atoms with E-state index >= 15 is 0 Å². The minimum atomic E-state index is -0.563. The van der Waals surface area contributed by atoms with Crippen LogP contribution < -0.4 is 10.6 Å². The SMILES string of the molecule is Cc1nccn1CCCNC(=O)N[C@H](CO)c1ccc(F)cc1. The van der Waals surface area contributed by atoms with Crippen molar-refractivity contribution in [1.29, 1.82) is 0 Å². The summed E-state index contributed by atoms with van der Waals surface area (Å²) in [4.78, 5) is 16.0. The Morgan fingerprint density at radius 3 is 2.74 bits per heavy atom. The Kier molecular flexibility index (Phi) is 6.10. The molecular formula is C16H21FN4O2. The van der Waals surface area contributed by atoms with Crippen LogP contribution in [0.4, 0.5) is 9.18 Å². The summed E-state index contributed by atoms with van der Waals surface area (Å²) in [5.74, 6) is 0.579. The Hall–Kier alpha value is -2.41. The van der Waals surface area contributed by atoms with Crippen molar-refractivity contribution in [3.8, 4) is 0 Å². The van der Waals surface area contributed by atoms with E-state index in [1.54, 1.807) is 6.20 Å². The van der Waals surface area contributed by atoms with Gasteiger partial charge in [-0.2, -0.15) is 0 Å². The highest BCUT2D eigenvalue weighted by Crippen LogP contribution is 2.12. The molecule has 0 aliphatic carbocycles. The second-order valence-corrected chi connectivity index (χ2v) is 5.21. The monoisotopic (exact) mass is 320 g/mol. The molecule has 0 saturated heterocycles. The van der Waals surface area contributed by atoms with Crippen molar-refractivity contribution in [2.45, 2.75) is 25.9 Å². The number of hydrogen-bond donors (Lipinski definition) is 3. The van der Waals surface area contributed by atoms with E-state index in [-0.39, 0.29) is 18.5 Å². The second-order valence-electron chi connectivity index (χ2n) is 5.21. The molecular weight excluding hydrogens is 299 g/mol. The molecule has 0 saturated carbocycles. The molecule has 0 aliphatic rings. The first-order valence-electron chi connectivity index (χ1n) is 7.48. The number of aliphatic hydroxyl groups is 1. The molecule has 0 spiro atoms. The van der Waals surface area contributed by atoms with Gasteiger partial charge in [-0.3, -0.25) is 0 Å². The summed E-state index contributed by atoms with van der Waals surface area (Å²) >= 11 is 0. The maximum Gasteiger partial charge on any atom is 0.315 e. The van der Waals surface area contributed by atoms with Crippen molar-refractivity contribution in [1.82, 2.24) is 20.2 Å². The quantitative estimate of drug-likeness (QED) is 0.680. The lowest BCUT2D eigenvalue weighted by molar-refractivity contribution is 0.216. The number of benzene rings is 1. The number of carbonyl (C=O) groups excluding carboxylic acids is 1. The van der Waals surface area contributed by atoms with Crippen LogP contribution in [0.15, 0.2) is 36.7 Å². The number of hydrogen-bond acceptors (Lipinski definition) is 3.